The van der Waals surface area contributed by atoms with Crippen LogP contribution >= 0.6 is 0 Å². The Kier molecular flexibility index (Phi) is 4.54. The Labute approximate surface area is 114 Å². The maximum Gasteiger partial charge on any atom is 0.231 e. The Morgan fingerprint density at radius 3 is 2.74 bits per heavy atom. The third-order valence-corrected chi connectivity index (χ3v) is 4.00. The molecule has 0 radical (unpaired) electrons. The minimum absolute atomic E-state index is 0.0165. The minimum atomic E-state index is 0.0165. The number of nitrogens with zero attached hydrogens (tertiary/aromatic N) is 4. The molecule has 6 nitrogen and oxygen atoms in total. The summed E-state index contributed by atoms with van der Waals surface area (Å²) in [6.07, 6.45) is 1.17. The van der Waals surface area contributed by atoms with Crippen molar-refractivity contribution >= 4 is 0 Å². The molecule has 0 bridgehead atoms. The zero-order valence-electron chi connectivity index (χ0n) is 12.3. The van der Waals surface area contributed by atoms with Crippen molar-refractivity contribution in [3.05, 3.63) is 11.7 Å². The molecule has 1 aromatic rings. The average molecular weight is 267 g/mol. The monoisotopic (exact) mass is 267 g/mol. The fraction of sp³-hybridized carbons (Fsp3) is 0.846. The number of hydrogen-bond acceptors (Lipinski definition) is 6. The van der Waals surface area contributed by atoms with Gasteiger partial charge in [-0.1, -0.05) is 12.1 Å². The normalized spacial score (nSPS) is 26.1. The van der Waals surface area contributed by atoms with Crippen molar-refractivity contribution in [1.82, 2.24) is 19.9 Å². The highest BCUT2D eigenvalue weighted by atomic mass is 16.5. The van der Waals surface area contributed by atoms with E-state index >= 15 is 0 Å². The maximum atomic E-state index is 5.88. The summed E-state index contributed by atoms with van der Waals surface area (Å²) in [5.74, 6) is 1.51. The lowest BCUT2D eigenvalue weighted by molar-refractivity contribution is 0.214. The zero-order chi connectivity index (χ0) is 14.0. The fourth-order valence-corrected chi connectivity index (χ4v) is 2.34. The van der Waals surface area contributed by atoms with Crippen molar-refractivity contribution in [3.8, 4) is 0 Å². The van der Waals surface area contributed by atoms with Crippen LogP contribution in [0.15, 0.2) is 4.52 Å². The fourth-order valence-electron chi connectivity index (χ4n) is 2.34. The molecule has 1 fully saturated rings. The Bertz CT molecular complexity index is 405. The van der Waals surface area contributed by atoms with Crippen LogP contribution in [0.2, 0.25) is 0 Å². The molecule has 6 heteroatoms. The highest BCUT2D eigenvalue weighted by Gasteiger charge is 2.27. The lowest BCUT2D eigenvalue weighted by Crippen LogP contribution is -2.31. The second kappa shape index (κ2) is 5.98. The summed E-state index contributed by atoms with van der Waals surface area (Å²) in [5.41, 5.74) is 5.88. The quantitative estimate of drug-likeness (QED) is 0.874. The van der Waals surface area contributed by atoms with Crippen molar-refractivity contribution in [2.45, 2.75) is 38.3 Å². The van der Waals surface area contributed by atoms with Gasteiger partial charge in [0.15, 0.2) is 5.82 Å². The van der Waals surface area contributed by atoms with Gasteiger partial charge in [-0.3, -0.25) is 4.90 Å². The van der Waals surface area contributed by atoms with Gasteiger partial charge in [-0.25, -0.2) is 0 Å². The molecule has 0 aliphatic carbocycles. The molecule has 3 unspecified atom stereocenters. The third-order valence-electron chi connectivity index (χ3n) is 4.00. The van der Waals surface area contributed by atoms with Crippen LogP contribution in [0.3, 0.4) is 0 Å². The van der Waals surface area contributed by atoms with Crippen molar-refractivity contribution in [3.63, 3.8) is 0 Å². The Balaban J connectivity index is 2.16. The van der Waals surface area contributed by atoms with Crippen LogP contribution < -0.4 is 5.73 Å². The van der Waals surface area contributed by atoms with Crippen molar-refractivity contribution in [1.29, 1.82) is 0 Å². The van der Waals surface area contributed by atoms with E-state index < -0.39 is 0 Å². The van der Waals surface area contributed by atoms with Gasteiger partial charge in [0, 0.05) is 12.6 Å². The van der Waals surface area contributed by atoms with E-state index in [0.717, 1.165) is 25.5 Å². The smallest absolute Gasteiger partial charge is 0.231 e. The SMILES string of the molecule is CC(N)C(C)c1nc(C2CN(C)CCCN2C)no1. The number of rotatable bonds is 3. The van der Waals surface area contributed by atoms with Gasteiger partial charge >= 0.3 is 0 Å². The van der Waals surface area contributed by atoms with E-state index in [9.17, 15) is 0 Å². The highest BCUT2D eigenvalue weighted by molar-refractivity contribution is 5.01. The molecule has 0 amide bonds. The van der Waals surface area contributed by atoms with E-state index in [0.29, 0.717) is 5.89 Å². The molecule has 1 aliphatic heterocycles. The van der Waals surface area contributed by atoms with Crippen molar-refractivity contribution in [2.75, 3.05) is 33.7 Å². The topological polar surface area (TPSA) is 71.4 Å². The van der Waals surface area contributed by atoms with Gasteiger partial charge < -0.3 is 15.2 Å². The molecule has 0 aromatic carbocycles. The van der Waals surface area contributed by atoms with E-state index in [1.54, 1.807) is 0 Å². The second-order valence-corrected chi connectivity index (χ2v) is 5.75. The lowest BCUT2D eigenvalue weighted by Gasteiger charge is -2.24. The van der Waals surface area contributed by atoms with Gasteiger partial charge in [0.05, 0.1) is 12.0 Å². The Morgan fingerprint density at radius 2 is 2.05 bits per heavy atom. The number of likely N-dealkylation sites (N-methyl/N-ethyl adjacent to an activating group) is 2. The maximum absolute atomic E-state index is 5.88. The molecular formula is C13H25N5O. The van der Waals surface area contributed by atoms with Crippen LogP contribution in [-0.2, 0) is 0 Å². The first-order valence-corrected chi connectivity index (χ1v) is 6.97. The number of aromatic nitrogens is 2. The first kappa shape index (κ1) is 14.4. The molecular weight excluding hydrogens is 242 g/mol. The Morgan fingerprint density at radius 1 is 1.32 bits per heavy atom. The van der Waals surface area contributed by atoms with E-state index in [2.05, 4.69) is 34.0 Å². The van der Waals surface area contributed by atoms with E-state index in [1.807, 2.05) is 13.8 Å². The molecule has 0 saturated carbocycles. The van der Waals surface area contributed by atoms with Crippen molar-refractivity contribution < 1.29 is 4.52 Å². The summed E-state index contributed by atoms with van der Waals surface area (Å²) in [4.78, 5) is 9.17. The summed E-state index contributed by atoms with van der Waals surface area (Å²) < 4.78 is 5.38. The lowest BCUT2D eigenvalue weighted by atomic mass is 10.1. The van der Waals surface area contributed by atoms with E-state index in [-0.39, 0.29) is 18.0 Å². The predicted molar refractivity (Wildman–Crippen MR) is 73.8 cm³/mol. The summed E-state index contributed by atoms with van der Waals surface area (Å²) >= 11 is 0. The number of hydrogen-bond donors (Lipinski definition) is 1. The van der Waals surface area contributed by atoms with Crippen LogP contribution in [0.4, 0.5) is 0 Å². The molecule has 1 aromatic heterocycles. The van der Waals surface area contributed by atoms with Gasteiger partial charge in [-0.15, -0.1) is 0 Å². The summed E-state index contributed by atoms with van der Waals surface area (Å²) in [6, 6.07) is 0.216. The molecule has 3 atom stereocenters. The molecule has 2 N–H and O–H groups in total. The standard InChI is InChI=1S/C13H25N5O/c1-9(10(2)14)13-15-12(16-19-13)11-8-17(3)6-5-7-18(11)4/h9-11H,5-8,14H2,1-4H3. The first-order valence-electron chi connectivity index (χ1n) is 6.97. The van der Waals surface area contributed by atoms with Crippen LogP contribution in [0.25, 0.3) is 0 Å². The van der Waals surface area contributed by atoms with Gasteiger partial charge in [0.2, 0.25) is 5.89 Å². The molecule has 2 rings (SSSR count). The molecule has 1 aliphatic rings. The van der Waals surface area contributed by atoms with Crippen LogP contribution in [-0.4, -0.2) is 59.7 Å². The number of nitrogens with two attached hydrogens (primary N) is 1. The van der Waals surface area contributed by atoms with E-state index in [4.69, 9.17) is 10.3 Å². The summed E-state index contributed by atoms with van der Waals surface area (Å²) in [6.45, 7) is 7.08. The van der Waals surface area contributed by atoms with Crippen LogP contribution in [0, 0.1) is 0 Å². The molecule has 1 saturated heterocycles. The van der Waals surface area contributed by atoms with Gasteiger partial charge in [-0.2, -0.15) is 4.98 Å². The largest absolute Gasteiger partial charge is 0.339 e. The Hall–Kier alpha value is -0.980. The van der Waals surface area contributed by atoms with Crippen LogP contribution in [0.5, 0.6) is 0 Å². The highest BCUT2D eigenvalue weighted by Crippen LogP contribution is 2.23. The zero-order valence-corrected chi connectivity index (χ0v) is 12.3. The van der Waals surface area contributed by atoms with Gasteiger partial charge in [-0.05, 0) is 40.5 Å². The molecule has 0 spiro atoms. The summed E-state index contributed by atoms with van der Waals surface area (Å²) in [7, 11) is 4.26. The summed E-state index contributed by atoms with van der Waals surface area (Å²) in [5, 5.41) is 4.16. The third kappa shape index (κ3) is 3.32. The minimum Gasteiger partial charge on any atom is -0.339 e. The first-order chi connectivity index (χ1) is 8.99. The van der Waals surface area contributed by atoms with E-state index in [1.165, 1.54) is 6.42 Å². The van der Waals surface area contributed by atoms with Crippen LogP contribution in [0.1, 0.15) is 43.9 Å². The van der Waals surface area contributed by atoms with Crippen molar-refractivity contribution in [2.24, 2.45) is 5.73 Å². The predicted octanol–water partition coefficient (Wildman–Crippen LogP) is 0.829. The molecule has 19 heavy (non-hydrogen) atoms. The molecule has 2 heterocycles. The average Bonchev–Trinajstić information content (AvgIpc) is 2.77. The van der Waals surface area contributed by atoms with Gasteiger partial charge in [0.1, 0.15) is 0 Å². The second-order valence-electron chi connectivity index (χ2n) is 5.75. The molecule has 108 valence electrons. The van der Waals surface area contributed by atoms with Gasteiger partial charge in [0.25, 0.3) is 0 Å².